The van der Waals surface area contributed by atoms with E-state index >= 15 is 0 Å². The first-order valence-electron chi connectivity index (χ1n) is 15.4. The molecule has 4 nitrogen and oxygen atoms in total. The Balaban J connectivity index is 1.21. The number of hydrogen-bond acceptors (Lipinski definition) is 2. The zero-order valence-electron chi connectivity index (χ0n) is 24.8. The molecule has 0 radical (unpaired) electrons. The quantitative estimate of drug-likeness (QED) is 0.162. The molecule has 6 aromatic carbocycles. The Morgan fingerprint density at radius 2 is 1.44 bits per heavy atom. The van der Waals surface area contributed by atoms with Crippen LogP contribution in [0.4, 0.5) is 0 Å². The van der Waals surface area contributed by atoms with Crippen molar-refractivity contribution in [3.63, 3.8) is 0 Å². The van der Waals surface area contributed by atoms with Crippen LogP contribution >= 0.6 is 0 Å². The minimum absolute atomic E-state index is 0.443. The van der Waals surface area contributed by atoms with Crippen LogP contribution in [0.1, 0.15) is 24.0 Å². The van der Waals surface area contributed by atoms with Crippen LogP contribution in [0.5, 0.6) is 0 Å². The normalized spacial score (nSPS) is 14.1. The molecule has 0 bridgehead atoms. The van der Waals surface area contributed by atoms with Crippen LogP contribution in [0.2, 0.25) is 0 Å². The second-order valence-corrected chi connectivity index (χ2v) is 11.5. The summed E-state index contributed by atoms with van der Waals surface area (Å²) in [6.07, 6.45) is 8.44. The van der Waals surface area contributed by atoms with Gasteiger partial charge in [-0.2, -0.15) is 0 Å². The van der Waals surface area contributed by atoms with Crippen molar-refractivity contribution in [1.82, 2.24) is 0 Å². The summed E-state index contributed by atoms with van der Waals surface area (Å²) in [4.78, 5) is 10.0. The molecule has 8 rings (SSSR count). The molecule has 0 amide bonds. The van der Waals surface area contributed by atoms with Gasteiger partial charge < -0.3 is 10.2 Å². The number of fused-ring (bicyclic) bond motifs is 5. The van der Waals surface area contributed by atoms with Crippen molar-refractivity contribution < 1.29 is 4.42 Å². The fraction of sp³-hybridized carbons (Fsp3) is 0.0732. The Morgan fingerprint density at radius 1 is 0.667 bits per heavy atom. The standard InChI is InChI=1S/C41H31N3O/c42-40(35-18-8-15-28-11-6-7-17-34(28)35)44-41(29-12-2-1-3-13-29)43-26-33-16-9-19-38-39(33)36-25-32(22-23-37(36)45-38)31-21-20-27-10-4-5-14-30(27)24-31/h2,4-25H,1,3,26H2,(H2,42,43,44). The molecular weight excluding hydrogens is 550 g/mol. The van der Waals surface area contributed by atoms with Crippen LogP contribution < -0.4 is 5.73 Å². The highest BCUT2D eigenvalue weighted by Crippen LogP contribution is 2.35. The lowest BCUT2D eigenvalue weighted by atomic mass is 9.98. The van der Waals surface area contributed by atoms with Gasteiger partial charge in [0.2, 0.25) is 0 Å². The summed E-state index contributed by atoms with van der Waals surface area (Å²) < 4.78 is 6.32. The third-order valence-corrected chi connectivity index (χ3v) is 8.61. The van der Waals surface area contributed by atoms with Gasteiger partial charge in [0.15, 0.2) is 5.84 Å². The number of rotatable bonds is 5. The number of amidine groups is 2. The van der Waals surface area contributed by atoms with E-state index in [1.54, 1.807) is 0 Å². The van der Waals surface area contributed by atoms with Crippen molar-refractivity contribution in [1.29, 1.82) is 0 Å². The van der Waals surface area contributed by atoms with E-state index in [4.69, 9.17) is 20.1 Å². The van der Waals surface area contributed by atoms with Gasteiger partial charge in [-0.15, -0.1) is 0 Å². The SMILES string of the molecule is NC(=NC(=NCc1cccc2oc3ccc(-c4ccc5ccccc5c4)cc3c12)C1=CCCC=C1)c1cccc2ccccc12. The molecule has 216 valence electrons. The highest BCUT2D eigenvalue weighted by atomic mass is 16.3. The summed E-state index contributed by atoms with van der Waals surface area (Å²) in [5.41, 5.74) is 13.7. The van der Waals surface area contributed by atoms with Gasteiger partial charge in [-0.25, -0.2) is 4.99 Å². The van der Waals surface area contributed by atoms with Gasteiger partial charge in [-0.3, -0.25) is 4.99 Å². The molecule has 4 heteroatoms. The summed E-state index contributed by atoms with van der Waals surface area (Å²) >= 11 is 0. The molecule has 0 saturated carbocycles. The summed E-state index contributed by atoms with van der Waals surface area (Å²) in [5, 5.41) is 6.83. The minimum Gasteiger partial charge on any atom is -0.456 e. The average Bonchev–Trinajstić information content (AvgIpc) is 3.48. The molecule has 1 aliphatic rings. The van der Waals surface area contributed by atoms with Crippen molar-refractivity contribution >= 4 is 55.2 Å². The predicted octanol–water partition coefficient (Wildman–Crippen LogP) is 10.1. The molecule has 0 spiro atoms. The van der Waals surface area contributed by atoms with E-state index in [-0.39, 0.29) is 0 Å². The summed E-state index contributed by atoms with van der Waals surface area (Å²) in [5.74, 6) is 1.09. The molecule has 0 saturated heterocycles. The van der Waals surface area contributed by atoms with Crippen molar-refractivity contribution in [2.24, 2.45) is 15.7 Å². The monoisotopic (exact) mass is 581 g/mol. The molecule has 1 aliphatic carbocycles. The van der Waals surface area contributed by atoms with Crippen molar-refractivity contribution in [3.05, 3.63) is 156 Å². The molecule has 0 unspecified atom stereocenters. The molecule has 2 N–H and O–H groups in total. The van der Waals surface area contributed by atoms with Gasteiger partial charge in [-0.05, 0) is 75.3 Å². The second kappa shape index (κ2) is 11.4. The lowest BCUT2D eigenvalue weighted by Gasteiger charge is -2.11. The van der Waals surface area contributed by atoms with Crippen LogP contribution in [-0.4, -0.2) is 11.7 Å². The van der Waals surface area contributed by atoms with E-state index in [1.807, 2.05) is 36.4 Å². The maximum absolute atomic E-state index is 6.70. The van der Waals surface area contributed by atoms with Gasteiger partial charge in [0, 0.05) is 21.9 Å². The third-order valence-electron chi connectivity index (χ3n) is 8.61. The van der Waals surface area contributed by atoms with Crippen LogP contribution in [0.3, 0.4) is 0 Å². The number of benzene rings is 6. The van der Waals surface area contributed by atoms with Crippen LogP contribution in [-0.2, 0) is 6.54 Å². The van der Waals surface area contributed by atoms with Gasteiger partial charge in [0.25, 0.3) is 0 Å². The van der Waals surface area contributed by atoms with Crippen molar-refractivity contribution in [3.8, 4) is 11.1 Å². The van der Waals surface area contributed by atoms with Crippen LogP contribution in [0, 0.1) is 0 Å². The summed E-state index contributed by atoms with van der Waals surface area (Å²) in [7, 11) is 0. The highest BCUT2D eigenvalue weighted by Gasteiger charge is 2.14. The van der Waals surface area contributed by atoms with Crippen molar-refractivity contribution in [2.45, 2.75) is 19.4 Å². The van der Waals surface area contributed by atoms with E-state index in [0.29, 0.717) is 18.2 Å². The second-order valence-electron chi connectivity index (χ2n) is 11.5. The topological polar surface area (TPSA) is 63.9 Å². The van der Waals surface area contributed by atoms with E-state index in [2.05, 4.69) is 103 Å². The minimum atomic E-state index is 0.443. The third kappa shape index (κ3) is 5.11. The Kier molecular flexibility index (Phi) is 6.80. The molecule has 1 aromatic heterocycles. The van der Waals surface area contributed by atoms with Gasteiger partial charge in [-0.1, -0.05) is 115 Å². The Hall–Kier alpha value is -5.74. The largest absolute Gasteiger partial charge is 0.456 e. The van der Waals surface area contributed by atoms with Gasteiger partial charge in [0.1, 0.15) is 17.0 Å². The summed E-state index contributed by atoms with van der Waals surface area (Å²) in [6.45, 7) is 0.443. The molecule has 7 aromatic rings. The van der Waals surface area contributed by atoms with E-state index in [9.17, 15) is 0 Å². The molecule has 0 fully saturated rings. The number of nitrogens with two attached hydrogens (primary N) is 1. The first-order chi connectivity index (χ1) is 22.2. The number of allylic oxidation sites excluding steroid dienone is 2. The molecule has 1 heterocycles. The Labute approximate surface area is 261 Å². The van der Waals surface area contributed by atoms with Crippen LogP contribution in [0.15, 0.2) is 160 Å². The fourth-order valence-corrected chi connectivity index (χ4v) is 6.33. The lowest BCUT2D eigenvalue weighted by Crippen LogP contribution is -2.17. The van der Waals surface area contributed by atoms with E-state index < -0.39 is 0 Å². The maximum Gasteiger partial charge on any atom is 0.156 e. The maximum atomic E-state index is 6.70. The number of furan rings is 1. The Bertz CT molecular complexity index is 2370. The Morgan fingerprint density at radius 3 is 2.33 bits per heavy atom. The smallest absolute Gasteiger partial charge is 0.156 e. The first-order valence-corrected chi connectivity index (χ1v) is 15.4. The summed E-state index contributed by atoms with van der Waals surface area (Å²) in [6, 6.07) is 42.1. The predicted molar refractivity (Wildman–Crippen MR) is 189 cm³/mol. The van der Waals surface area contributed by atoms with Crippen LogP contribution in [0.25, 0.3) is 54.6 Å². The molecule has 0 aliphatic heterocycles. The molecular formula is C41H31N3O. The number of aliphatic imine (C=N–C) groups is 2. The fourth-order valence-electron chi connectivity index (χ4n) is 6.33. The zero-order valence-corrected chi connectivity index (χ0v) is 24.8. The zero-order chi connectivity index (χ0) is 30.2. The van der Waals surface area contributed by atoms with Gasteiger partial charge >= 0.3 is 0 Å². The number of nitrogens with zero attached hydrogens (tertiary/aromatic N) is 2. The first kappa shape index (κ1) is 26.9. The van der Waals surface area contributed by atoms with E-state index in [1.165, 1.54) is 16.3 Å². The van der Waals surface area contributed by atoms with Gasteiger partial charge in [0.05, 0.1) is 6.54 Å². The van der Waals surface area contributed by atoms with Crippen molar-refractivity contribution in [2.75, 3.05) is 0 Å². The lowest BCUT2D eigenvalue weighted by molar-refractivity contribution is 0.668. The molecule has 0 atom stereocenters. The molecule has 45 heavy (non-hydrogen) atoms. The highest BCUT2D eigenvalue weighted by molar-refractivity contribution is 6.16. The number of hydrogen-bond donors (Lipinski definition) is 1. The average molecular weight is 582 g/mol. The van der Waals surface area contributed by atoms with E-state index in [0.717, 1.165) is 67.8 Å².